The number of rotatable bonds is 0. The van der Waals surface area contributed by atoms with Gasteiger partial charge >= 0.3 is 0 Å². The molecule has 0 fully saturated rings. The number of aromatic hydroxyl groups is 1. The van der Waals surface area contributed by atoms with Crippen LogP contribution in [0.1, 0.15) is 24.8 Å². The van der Waals surface area contributed by atoms with Crippen molar-refractivity contribution in [2.45, 2.75) is 19.3 Å². The minimum atomic E-state index is -0.0265. The molecule has 4 rings (SSSR count). The number of hydrogen-bond acceptors (Lipinski definition) is 7. The van der Waals surface area contributed by atoms with Crippen LogP contribution in [0.15, 0.2) is 35.6 Å². The van der Waals surface area contributed by atoms with Crippen LogP contribution in [-0.2, 0) is 4.79 Å². The Morgan fingerprint density at radius 2 is 2.00 bits per heavy atom. The fraction of sp³-hybridized carbons (Fsp3) is 0.300. The first kappa shape index (κ1) is 18.7. The molecule has 9 nitrogen and oxygen atoms in total. The Hall–Kier alpha value is -3.62. The number of benzene rings is 1. The fourth-order valence-corrected chi connectivity index (χ4v) is 3.12. The van der Waals surface area contributed by atoms with E-state index in [0.717, 1.165) is 6.42 Å². The second kappa shape index (κ2) is 8.59. The number of fused-ring (bicyclic) bond motifs is 2. The molecule has 9 heteroatoms. The monoisotopic (exact) mass is 394 g/mol. The van der Waals surface area contributed by atoms with E-state index in [4.69, 9.17) is 4.74 Å². The quantitative estimate of drug-likeness (QED) is 0.464. The first-order chi connectivity index (χ1) is 14.2. The number of aromatic amines is 1. The molecule has 29 heavy (non-hydrogen) atoms. The fourth-order valence-electron chi connectivity index (χ4n) is 3.12. The molecule has 0 aliphatic carbocycles. The number of H-pyrrole nitrogens is 1. The lowest BCUT2D eigenvalue weighted by Crippen LogP contribution is -2.26. The van der Waals surface area contributed by atoms with Crippen molar-refractivity contribution in [3.8, 4) is 11.6 Å². The normalized spacial score (nSPS) is 15.7. The molecule has 3 aromatic rings. The number of hydrogen-bond donors (Lipinski definition) is 4. The SMILES string of the molecule is O=C1CCCOc2cccc(c2)N=Cc2c(O)[nH]c3ncnc(c23)NCCCN1. The lowest BCUT2D eigenvalue weighted by Gasteiger charge is -2.09. The van der Waals surface area contributed by atoms with Gasteiger partial charge in [-0.3, -0.25) is 9.79 Å². The number of amides is 1. The zero-order valence-corrected chi connectivity index (χ0v) is 15.8. The minimum Gasteiger partial charge on any atom is -0.494 e. The first-order valence-electron chi connectivity index (χ1n) is 9.54. The number of nitrogens with one attached hydrogen (secondary N) is 3. The van der Waals surface area contributed by atoms with Crippen LogP contribution in [0, 0.1) is 0 Å². The molecule has 1 aliphatic rings. The lowest BCUT2D eigenvalue weighted by molar-refractivity contribution is -0.121. The summed E-state index contributed by atoms with van der Waals surface area (Å²) in [6, 6.07) is 7.34. The maximum atomic E-state index is 11.9. The molecule has 0 atom stereocenters. The van der Waals surface area contributed by atoms with Gasteiger partial charge in [0.1, 0.15) is 23.5 Å². The minimum absolute atomic E-state index is 0.00957. The highest BCUT2D eigenvalue weighted by Crippen LogP contribution is 2.30. The van der Waals surface area contributed by atoms with Gasteiger partial charge in [-0.05, 0) is 25.0 Å². The summed E-state index contributed by atoms with van der Waals surface area (Å²) in [5, 5.41) is 17.2. The molecular formula is C20H22N6O3. The Bertz CT molecular complexity index is 1050. The van der Waals surface area contributed by atoms with Gasteiger partial charge in [0.2, 0.25) is 5.91 Å². The molecule has 1 aromatic carbocycles. The molecule has 0 saturated heterocycles. The molecule has 0 saturated carbocycles. The van der Waals surface area contributed by atoms with E-state index in [9.17, 15) is 9.90 Å². The van der Waals surface area contributed by atoms with Gasteiger partial charge in [0, 0.05) is 31.8 Å². The third kappa shape index (κ3) is 4.45. The van der Waals surface area contributed by atoms with Gasteiger partial charge in [0.05, 0.1) is 23.2 Å². The van der Waals surface area contributed by atoms with Crippen LogP contribution in [-0.4, -0.2) is 51.9 Å². The maximum absolute atomic E-state index is 11.9. The van der Waals surface area contributed by atoms with Crippen molar-refractivity contribution in [3.05, 3.63) is 36.2 Å². The van der Waals surface area contributed by atoms with E-state index in [1.165, 1.54) is 6.33 Å². The Morgan fingerprint density at radius 1 is 1.10 bits per heavy atom. The van der Waals surface area contributed by atoms with Crippen molar-refractivity contribution in [2.75, 3.05) is 25.0 Å². The van der Waals surface area contributed by atoms with E-state index in [1.54, 1.807) is 12.3 Å². The zero-order valence-electron chi connectivity index (χ0n) is 15.8. The van der Waals surface area contributed by atoms with E-state index in [0.29, 0.717) is 66.4 Å². The van der Waals surface area contributed by atoms with Crippen LogP contribution in [0.4, 0.5) is 11.5 Å². The van der Waals surface area contributed by atoms with E-state index in [1.807, 2.05) is 18.2 Å². The summed E-state index contributed by atoms with van der Waals surface area (Å²) < 4.78 is 5.72. The number of anilines is 1. The average Bonchev–Trinajstić information content (AvgIpc) is 3.05. The largest absolute Gasteiger partial charge is 0.494 e. The molecule has 150 valence electrons. The number of ether oxygens (including phenoxy) is 1. The summed E-state index contributed by atoms with van der Waals surface area (Å²) in [5.41, 5.74) is 1.70. The zero-order chi connectivity index (χ0) is 20.1. The smallest absolute Gasteiger partial charge is 0.220 e. The van der Waals surface area contributed by atoms with Crippen molar-refractivity contribution < 1.29 is 14.6 Å². The molecule has 0 radical (unpaired) electrons. The third-order valence-electron chi connectivity index (χ3n) is 4.55. The highest BCUT2D eigenvalue weighted by atomic mass is 16.5. The predicted octanol–water partition coefficient (Wildman–Crippen LogP) is 2.50. The van der Waals surface area contributed by atoms with Gasteiger partial charge in [-0.2, -0.15) is 0 Å². The van der Waals surface area contributed by atoms with Gasteiger partial charge in [0.25, 0.3) is 0 Å². The molecular weight excluding hydrogens is 372 g/mol. The van der Waals surface area contributed by atoms with Crippen molar-refractivity contribution in [1.82, 2.24) is 20.3 Å². The Balaban J connectivity index is 1.68. The predicted molar refractivity (Wildman–Crippen MR) is 110 cm³/mol. The number of carbonyl (C=O) groups excluding carboxylic acids is 1. The number of nitrogens with zero attached hydrogens (tertiary/aromatic N) is 3. The van der Waals surface area contributed by atoms with Gasteiger partial charge in [-0.15, -0.1) is 0 Å². The maximum Gasteiger partial charge on any atom is 0.220 e. The third-order valence-corrected chi connectivity index (χ3v) is 4.55. The highest BCUT2D eigenvalue weighted by molar-refractivity contribution is 6.06. The molecule has 2 aromatic heterocycles. The van der Waals surface area contributed by atoms with Crippen LogP contribution in [0.5, 0.6) is 11.6 Å². The molecule has 3 heterocycles. The second-order valence-corrected chi connectivity index (χ2v) is 6.67. The van der Waals surface area contributed by atoms with Gasteiger partial charge < -0.3 is 25.5 Å². The molecule has 1 aliphatic heterocycles. The van der Waals surface area contributed by atoms with Crippen molar-refractivity contribution >= 4 is 34.7 Å². The summed E-state index contributed by atoms with van der Waals surface area (Å²) in [5.74, 6) is 1.25. The van der Waals surface area contributed by atoms with Crippen molar-refractivity contribution in [3.63, 3.8) is 0 Å². The Kier molecular flexibility index (Phi) is 5.55. The Morgan fingerprint density at radius 3 is 2.93 bits per heavy atom. The topological polar surface area (TPSA) is 125 Å². The summed E-state index contributed by atoms with van der Waals surface area (Å²) in [7, 11) is 0. The van der Waals surface area contributed by atoms with E-state index in [-0.39, 0.29) is 11.8 Å². The van der Waals surface area contributed by atoms with Crippen molar-refractivity contribution in [2.24, 2.45) is 4.99 Å². The molecule has 2 bridgehead atoms. The molecule has 4 N–H and O–H groups in total. The molecule has 0 spiro atoms. The van der Waals surface area contributed by atoms with Crippen LogP contribution in [0.3, 0.4) is 0 Å². The first-order valence-corrected chi connectivity index (χ1v) is 9.54. The van der Waals surface area contributed by atoms with Crippen molar-refractivity contribution in [1.29, 1.82) is 0 Å². The second-order valence-electron chi connectivity index (χ2n) is 6.67. The van der Waals surface area contributed by atoms with E-state index in [2.05, 4.69) is 30.6 Å². The van der Waals surface area contributed by atoms with Crippen LogP contribution >= 0.6 is 0 Å². The highest BCUT2D eigenvalue weighted by Gasteiger charge is 2.15. The number of aliphatic imine (C=N–C) groups is 1. The summed E-state index contributed by atoms with van der Waals surface area (Å²) in [4.78, 5) is 27.7. The molecule has 0 unspecified atom stereocenters. The van der Waals surface area contributed by atoms with Gasteiger partial charge in [-0.25, -0.2) is 9.97 Å². The Labute approximate surface area is 167 Å². The number of carbonyl (C=O) groups is 1. The number of aromatic nitrogens is 3. The van der Waals surface area contributed by atoms with Crippen LogP contribution in [0.25, 0.3) is 11.0 Å². The van der Waals surface area contributed by atoms with E-state index >= 15 is 0 Å². The standard InChI is InChI=1S/C20H22N6O3/c27-16-6-2-9-29-14-5-1-4-13(10-14)23-11-15-17-18(22-8-3-7-21-16)24-12-25-19(17)26-20(15)28/h1,4-5,10-12,28H,2-3,6-9H2,(H,21,27)(H2,22,24,25,26). The lowest BCUT2D eigenvalue weighted by atomic mass is 10.2. The summed E-state index contributed by atoms with van der Waals surface area (Å²) >= 11 is 0. The summed E-state index contributed by atoms with van der Waals surface area (Å²) in [6.45, 7) is 1.63. The molecule has 1 amide bonds. The average molecular weight is 394 g/mol. The summed E-state index contributed by atoms with van der Waals surface area (Å²) in [6.07, 6.45) is 4.81. The van der Waals surface area contributed by atoms with Gasteiger partial charge in [-0.1, -0.05) is 6.07 Å². The van der Waals surface area contributed by atoms with Crippen LogP contribution in [0.2, 0.25) is 0 Å². The van der Waals surface area contributed by atoms with Crippen LogP contribution < -0.4 is 15.4 Å². The van der Waals surface area contributed by atoms with Gasteiger partial charge in [0.15, 0.2) is 5.88 Å². The van der Waals surface area contributed by atoms with E-state index < -0.39 is 0 Å².